The Morgan fingerprint density at radius 3 is 2.39 bits per heavy atom. The van der Waals surface area contributed by atoms with E-state index >= 15 is 0 Å². The zero-order valence-electron chi connectivity index (χ0n) is 14.7. The van der Waals surface area contributed by atoms with Gasteiger partial charge in [-0.15, -0.1) is 0 Å². The molecule has 2 fully saturated rings. The molecular formula is C18H28N2O3. The smallest absolute Gasteiger partial charge is 0.257 e. The van der Waals surface area contributed by atoms with E-state index in [2.05, 4.69) is 11.8 Å². The lowest BCUT2D eigenvalue weighted by molar-refractivity contribution is 0.0103. The first-order valence-electron chi connectivity index (χ1n) is 8.70. The van der Waals surface area contributed by atoms with Crippen molar-refractivity contribution >= 4 is 5.91 Å². The lowest BCUT2D eigenvalue weighted by Crippen LogP contribution is -2.47. The summed E-state index contributed by atoms with van der Waals surface area (Å²) >= 11 is 0. The van der Waals surface area contributed by atoms with Crippen LogP contribution in [0.25, 0.3) is 0 Å². The summed E-state index contributed by atoms with van der Waals surface area (Å²) in [4.78, 5) is 17.5. The summed E-state index contributed by atoms with van der Waals surface area (Å²) in [5.41, 5.74) is 1.75. The summed E-state index contributed by atoms with van der Waals surface area (Å²) in [6.07, 6.45) is 1.11. The van der Waals surface area contributed by atoms with E-state index < -0.39 is 0 Å². The predicted molar refractivity (Wildman–Crippen MR) is 88.8 cm³/mol. The number of ether oxygens (including phenoxy) is 1. The van der Waals surface area contributed by atoms with E-state index in [0.717, 1.165) is 68.5 Å². The van der Waals surface area contributed by atoms with Crippen LogP contribution in [0, 0.1) is 26.7 Å². The van der Waals surface area contributed by atoms with E-state index in [1.54, 1.807) is 0 Å². The van der Waals surface area contributed by atoms with Gasteiger partial charge in [0.1, 0.15) is 11.5 Å². The minimum atomic E-state index is 0.131. The molecule has 3 rings (SSSR count). The number of rotatable bonds is 3. The minimum Gasteiger partial charge on any atom is -0.466 e. The second-order valence-corrected chi connectivity index (χ2v) is 6.81. The number of nitrogens with zero attached hydrogens (tertiary/aromatic N) is 2. The maximum atomic E-state index is 13.0. The predicted octanol–water partition coefficient (Wildman–Crippen LogP) is 2.39. The molecule has 0 spiro atoms. The van der Waals surface area contributed by atoms with E-state index in [4.69, 9.17) is 9.15 Å². The number of carbonyl (C=O) groups excluding carboxylic acids is 1. The normalized spacial score (nSPS) is 26.0. The highest BCUT2D eigenvalue weighted by Crippen LogP contribution is 2.29. The summed E-state index contributed by atoms with van der Waals surface area (Å²) in [6.45, 7) is 13.3. The van der Waals surface area contributed by atoms with Crippen LogP contribution in [0.1, 0.15) is 40.8 Å². The number of amides is 1. The standard InChI is InChI=1S/C18H28N2O3/c1-5-15-10-20(11-16(15)19-6-8-22-9-7-19)18(21)17-12(2)13(3)23-14(17)4/h15-16H,5-11H2,1-4H3/t15-,16+/m0/s1. The Morgan fingerprint density at radius 1 is 1.13 bits per heavy atom. The van der Waals surface area contributed by atoms with Crippen LogP contribution in [0.15, 0.2) is 4.42 Å². The van der Waals surface area contributed by atoms with Gasteiger partial charge in [-0.25, -0.2) is 0 Å². The topological polar surface area (TPSA) is 45.9 Å². The largest absolute Gasteiger partial charge is 0.466 e. The van der Waals surface area contributed by atoms with E-state index in [1.807, 2.05) is 25.7 Å². The zero-order chi connectivity index (χ0) is 16.6. The number of aryl methyl sites for hydroxylation is 2. The van der Waals surface area contributed by atoms with Crippen molar-refractivity contribution < 1.29 is 13.9 Å². The maximum absolute atomic E-state index is 13.0. The molecule has 5 nitrogen and oxygen atoms in total. The van der Waals surface area contributed by atoms with Crippen LogP contribution in [0.3, 0.4) is 0 Å². The number of likely N-dealkylation sites (tertiary alicyclic amines) is 1. The van der Waals surface area contributed by atoms with Crippen molar-refractivity contribution in [3.8, 4) is 0 Å². The van der Waals surface area contributed by atoms with Crippen molar-refractivity contribution in [3.63, 3.8) is 0 Å². The van der Waals surface area contributed by atoms with Crippen molar-refractivity contribution in [2.45, 2.75) is 40.2 Å². The summed E-state index contributed by atoms with van der Waals surface area (Å²) < 4.78 is 11.1. The van der Waals surface area contributed by atoms with Crippen LogP contribution in [-0.2, 0) is 4.74 Å². The Hall–Kier alpha value is -1.33. The summed E-state index contributed by atoms with van der Waals surface area (Å²) in [7, 11) is 0. The summed E-state index contributed by atoms with van der Waals surface area (Å²) in [5, 5.41) is 0. The lowest BCUT2D eigenvalue weighted by Gasteiger charge is -2.34. The number of hydrogen-bond acceptors (Lipinski definition) is 4. The van der Waals surface area contributed by atoms with E-state index in [1.165, 1.54) is 0 Å². The molecule has 0 aromatic carbocycles. The third kappa shape index (κ3) is 3.04. The third-order valence-corrected chi connectivity index (χ3v) is 5.51. The van der Waals surface area contributed by atoms with E-state index in [-0.39, 0.29) is 5.91 Å². The van der Waals surface area contributed by atoms with E-state index in [9.17, 15) is 4.79 Å². The van der Waals surface area contributed by atoms with Crippen molar-refractivity contribution in [1.82, 2.24) is 9.80 Å². The fourth-order valence-electron chi connectivity index (χ4n) is 4.01. The first kappa shape index (κ1) is 16.5. The Bertz CT molecular complexity index is 575. The van der Waals surface area contributed by atoms with E-state index in [0.29, 0.717) is 12.0 Å². The van der Waals surface area contributed by atoms with Crippen molar-refractivity contribution in [3.05, 3.63) is 22.6 Å². The van der Waals surface area contributed by atoms with Crippen molar-refractivity contribution in [2.24, 2.45) is 5.92 Å². The van der Waals surface area contributed by atoms with Gasteiger partial charge < -0.3 is 14.1 Å². The Labute approximate surface area is 138 Å². The van der Waals surface area contributed by atoms with Crippen LogP contribution in [-0.4, -0.2) is 61.1 Å². The molecule has 23 heavy (non-hydrogen) atoms. The molecular weight excluding hydrogens is 292 g/mol. The molecule has 0 radical (unpaired) electrons. The Balaban J connectivity index is 1.77. The molecule has 1 amide bonds. The molecule has 1 aromatic heterocycles. The Kier molecular flexibility index (Phi) is 4.78. The highest BCUT2D eigenvalue weighted by atomic mass is 16.5. The molecule has 2 aliphatic rings. The lowest BCUT2D eigenvalue weighted by atomic mass is 9.99. The molecule has 0 unspecified atom stereocenters. The average molecular weight is 320 g/mol. The molecule has 5 heteroatoms. The quantitative estimate of drug-likeness (QED) is 0.858. The number of carbonyl (C=O) groups is 1. The second kappa shape index (κ2) is 6.65. The number of furan rings is 1. The summed E-state index contributed by atoms with van der Waals surface area (Å²) in [5.74, 6) is 2.27. The van der Waals surface area contributed by atoms with Gasteiger partial charge in [0, 0.05) is 37.8 Å². The molecule has 1 aromatic rings. The van der Waals surface area contributed by atoms with Crippen LogP contribution in [0.4, 0.5) is 0 Å². The minimum absolute atomic E-state index is 0.131. The molecule has 2 aliphatic heterocycles. The molecule has 128 valence electrons. The van der Waals surface area contributed by atoms with Gasteiger partial charge in [-0.05, 0) is 26.7 Å². The van der Waals surface area contributed by atoms with Gasteiger partial charge in [-0.1, -0.05) is 13.3 Å². The third-order valence-electron chi connectivity index (χ3n) is 5.51. The van der Waals surface area contributed by atoms with Crippen molar-refractivity contribution in [2.75, 3.05) is 39.4 Å². The fourth-order valence-corrected chi connectivity index (χ4v) is 4.01. The molecule has 0 aliphatic carbocycles. The van der Waals surface area contributed by atoms with Gasteiger partial charge in [0.2, 0.25) is 0 Å². The first-order chi connectivity index (χ1) is 11.0. The van der Waals surface area contributed by atoms with Gasteiger partial charge in [0.05, 0.1) is 18.8 Å². The van der Waals surface area contributed by atoms with Gasteiger partial charge in [-0.2, -0.15) is 0 Å². The molecule has 3 heterocycles. The number of morpholine rings is 1. The molecule has 0 saturated carbocycles. The molecule has 0 N–H and O–H groups in total. The highest BCUT2D eigenvalue weighted by Gasteiger charge is 2.39. The van der Waals surface area contributed by atoms with Gasteiger partial charge in [-0.3, -0.25) is 9.69 Å². The average Bonchev–Trinajstić information content (AvgIpc) is 3.09. The number of hydrogen-bond donors (Lipinski definition) is 0. The van der Waals surface area contributed by atoms with Crippen LogP contribution in [0.2, 0.25) is 0 Å². The monoisotopic (exact) mass is 320 g/mol. The molecule has 0 bridgehead atoms. The molecule has 2 saturated heterocycles. The van der Waals surface area contributed by atoms with Gasteiger partial charge >= 0.3 is 0 Å². The fraction of sp³-hybridized carbons (Fsp3) is 0.722. The van der Waals surface area contributed by atoms with Crippen LogP contribution >= 0.6 is 0 Å². The maximum Gasteiger partial charge on any atom is 0.257 e. The van der Waals surface area contributed by atoms with Crippen molar-refractivity contribution in [1.29, 1.82) is 0 Å². The first-order valence-corrected chi connectivity index (χ1v) is 8.70. The zero-order valence-corrected chi connectivity index (χ0v) is 14.7. The highest BCUT2D eigenvalue weighted by molar-refractivity contribution is 5.97. The van der Waals surface area contributed by atoms with Gasteiger partial charge in [0.15, 0.2) is 0 Å². The SMILES string of the molecule is CC[C@H]1CN(C(=O)c2c(C)oc(C)c2C)C[C@H]1N1CCOCC1. The Morgan fingerprint density at radius 2 is 1.83 bits per heavy atom. The molecule has 2 atom stereocenters. The second-order valence-electron chi connectivity index (χ2n) is 6.81. The summed E-state index contributed by atoms with van der Waals surface area (Å²) in [6, 6.07) is 0.460. The van der Waals surface area contributed by atoms with Crippen LogP contribution < -0.4 is 0 Å². The van der Waals surface area contributed by atoms with Crippen LogP contribution in [0.5, 0.6) is 0 Å². The van der Waals surface area contributed by atoms with Gasteiger partial charge in [0.25, 0.3) is 5.91 Å².